The average Bonchev–Trinajstić information content (AvgIpc) is 3.17. The number of nitrogens with one attached hydrogen (secondary N) is 1. The van der Waals surface area contributed by atoms with Crippen molar-refractivity contribution in [1.29, 1.82) is 0 Å². The summed E-state index contributed by atoms with van der Waals surface area (Å²) in [4.78, 5) is 18.9. The van der Waals surface area contributed by atoms with Crippen molar-refractivity contribution in [3.05, 3.63) is 35.8 Å². The minimum absolute atomic E-state index is 0.0409. The van der Waals surface area contributed by atoms with Crippen molar-refractivity contribution >= 4 is 5.91 Å². The van der Waals surface area contributed by atoms with Gasteiger partial charge in [-0.1, -0.05) is 0 Å². The van der Waals surface area contributed by atoms with Gasteiger partial charge in [0.25, 0.3) is 5.91 Å². The first kappa shape index (κ1) is 16.3. The number of likely N-dealkylation sites (N-methyl/N-ethyl adjacent to an activating group) is 1. The number of oxazole rings is 1. The average molecular weight is 345 g/mol. The Balaban J connectivity index is 1.46. The Morgan fingerprint density at radius 1 is 1.40 bits per heavy atom. The van der Waals surface area contributed by atoms with Crippen LogP contribution in [0.4, 0.5) is 0 Å². The Hall–Kier alpha value is -2.19. The monoisotopic (exact) mass is 345 g/mol. The maximum atomic E-state index is 12.5. The maximum Gasteiger partial charge on any atom is 0.289 e. The van der Waals surface area contributed by atoms with Gasteiger partial charge < -0.3 is 14.5 Å². The predicted molar refractivity (Wildman–Crippen MR) is 89.1 cm³/mol. The van der Waals surface area contributed by atoms with E-state index in [4.69, 9.17) is 9.15 Å². The molecule has 3 heterocycles. The number of nitrogens with zero attached hydrogens (tertiary/aromatic N) is 4. The summed E-state index contributed by atoms with van der Waals surface area (Å²) in [7, 11) is 3.99. The highest BCUT2D eigenvalue weighted by Crippen LogP contribution is 2.40. The molecule has 0 aromatic carbocycles. The molecule has 0 bridgehead atoms. The lowest BCUT2D eigenvalue weighted by atomic mass is 10.0. The van der Waals surface area contributed by atoms with E-state index in [1.807, 2.05) is 17.8 Å². The molecule has 2 aromatic heterocycles. The second-order valence-corrected chi connectivity index (χ2v) is 6.77. The van der Waals surface area contributed by atoms with Gasteiger partial charge in [-0.05, 0) is 26.0 Å². The third-order valence-corrected chi connectivity index (χ3v) is 4.99. The standard InChI is InChI=1S/C17H23N5O3/c1-21-7-8-24-13(15(21)12-5-6-20-22(12)2)9-18-17(23)16-14(11-3-4-11)19-10-25-16/h5-6,10-11,13,15H,3-4,7-9H2,1-2H3,(H,18,23)/t13-,15-/m0/s1. The Morgan fingerprint density at radius 2 is 2.24 bits per heavy atom. The smallest absolute Gasteiger partial charge is 0.289 e. The molecule has 134 valence electrons. The first-order valence-electron chi connectivity index (χ1n) is 8.66. The number of carbonyl (C=O) groups is 1. The number of morpholine rings is 1. The van der Waals surface area contributed by atoms with Gasteiger partial charge in [0.05, 0.1) is 30.1 Å². The number of carbonyl (C=O) groups excluding carboxylic acids is 1. The van der Waals surface area contributed by atoms with E-state index in [9.17, 15) is 4.79 Å². The Kier molecular flexibility index (Phi) is 4.30. The van der Waals surface area contributed by atoms with Crippen LogP contribution in [0.3, 0.4) is 0 Å². The van der Waals surface area contributed by atoms with E-state index in [1.54, 1.807) is 6.20 Å². The van der Waals surface area contributed by atoms with Crippen molar-refractivity contribution in [2.24, 2.45) is 7.05 Å². The molecule has 4 rings (SSSR count). The van der Waals surface area contributed by atoms with E-state index in [0.29, 0.717) is 24.8 Å². The molecule has 8 nitrogen and oxygen atoms in total. The lowest BCUT2D eigenvalue weighted by molar-refractivity contribution is -0.0629. The van der Waals surface area contributed by atoms with E-state index in [1.165, 1.54) is 6.39 Å². The van der Waals surface area contributed by atoms with Gasteiger partial charge in [0.1, 0.15) is 0 Å². The van der Waals surface area contributed by atoms with Gasteiger partial charge in [-0.3, -0.25) is 14.4 Å². The lowest BCUT2D eigenvalue weighted by Gasteiger charge is -2.39. The molecule has 1 amide bonds. The minimum Gasteiger partial charge on any atom is -0.438 e. The van der Waals surface area contributed by atoms with Gasteiger partial charge in [0.2, 0.25) is 5.76 Å². The fourth-order valence-corrected chi connectivity index (χ4v) is 3.47. The van der Waals surface area contributed by atoms with Gasteiger partial charge in [0, 0.05) is 32.3 Å². The molecular weight excluding hydrogens is 322 g/mol. The summed E-state index contributed by atoms with van der Waals surface area (Å²) < 4.78 is 13.1. The van der Waals surface area contributed by atoms with Crippen molar-refractivity contribution in [2.75, 3.05) is 26.7 Å². The van der Waals surface area contributed by atoms with Crippen LogP contribution in [0.25, 0.3) is 0 Å². The first-order valence-corrected chi connectivity index (χ1v) is 8.66. The van der Waals surface area contributed by atoms with Crippen LogP contribution < -0.4 is 5.32 Å². The van der Waals surface area contributed by atoms with Crippen molar-refractivity contribution in [1.82, 2.24) is 25.0 Å². The molecule has 1 saturated heterocycles. The number of amides is 1. The van der Waals surface area contributed by atoms with Gasteiger partial charge >= 0.3 is 0 Å². The summed E-state index contributed by atoms with van der Waals surface area (Å²) in [6.07, 6.45) is 5.14. The van der Waals surface area contributed by atoms with Crippen molar-refractivity contribution in [3.63, 3.8) is 0 Å². The zero-order valence-corrected chi connectivity index (χ0v) is 14.5. The summed E-state index contributed by atoms with van der Waals surface area (Å²) in [5.41, 5.74) is 1.85. The van der Waals surface area contributed by atoms with E-state index in [2.05, 4.69) is 27.3 Å². The maximum absolute atomic E-state index is 12.5. The van der Waals surface area contributed by atoms with Gasteiger partial charge in [-0.2, -0.15) is 5.10 Å². The molecule has 0 unspecified atom stereocenters. The van der Waals surface area contributed by atoms with Gasteiger partial charge in [-0.25, -0.2) is 4.98 Å². The second kappa shape index (κ2) is 6.61. The minimum atomic E-state index is -0.222. The molecule has 2 aromatic rings. The SMILES string of the molecule is CN1CCO[C@@H](CNC(=O)c2ocnc2C2CC2)[C@@H]1c1ccnn1C. The third kappa shape index (κ3) is 3.19. The molecule has 2 fully saturated rings. The Morgan fingerprint density at radius 3 is 2.96 bits per heavy atom. The van der Waals surface area contributed by atoms with E-state index in [-0.39, 0.29) is 18.1 Å². The fraction of sp³-hybridized carbons (Fsp3) is 0.588. The largest absolute Gasteiger partial charge is 0.438 e. The Labute approximate surface area is 146 Å². The number of hydrogen-bond acceptors (Lipinski definition) is 6. The highest BCUT2D eigenvalue weighted by Gasteiger charge is 2.35. The van der Waals surface area contributed by atoms with E-state index >= 15 is 0 Å². The molecule has 1 aliphatic heterocycles. The molecule has 0 radical (unpaired) electrons. The van der Waals surface area contributed by atoms with Crippen LogP contribution in [0.1, 0.15) is 46.7 Å². The molecule has 2 aliphatic rings. The van der Waals surface area contributed by atoms with E-state index in [0.717, 1.165) is 30.8 Å². The van der Waals surface area contributed by atoms with Crippen LogP contribution >= 0.6 is 0 Å². The highest BCUT2D eigenvalue weighted by atomic mass is 16.5. The van der Waals surface area contributed by atoms with Crippen LogP contribution in [0, 0.1) is 0 Å². The van der Waals surface area contributed by atoms with Gasteiger partial charge in [0.15, 0.2) is 6.39 Å². The van der Waals surface area contributed by atoms with Gasteiger partial charge in [-0.15, -0.1) is 0 Å². The molecule has 25 heavy (non-hydrogen) atoms. The first-order chi connectivity index (χ1) is 12.1. The molecule has 1 N–H and O–H groups in total. The zero-order valence-electron chi connectivity index (χ0n) is 14.5. The third-order valence-electron chi connectivity index (χ3n) is 4.99. The van der Waals surface area contributed by atoms with Crippen LogP contribution in [-0.2, 0) is 11.8 Å². The summed E-state index contributed by atoms with van der Waals surface area (Å²) in [6.45, 7) is 1.89. The summed E-state index contributed by atoms with van der Waals surface area (Å²) in [5, 5.41) is 7.21. The second-order valence-electron chi connectivity index (χ2n) is 6.77. The summed E-state index contributed by atoms with van der Waals surface area (Å²) >= 11 is 0. The van der Waals surface area contributed by atoms with Crippen molar-refractivity contribution < 1.29 is 13.9 Å². The van der Waals surface area contributed by atoms with Crippen LogP contribution in [0.5, 0.6) is 0 Å². The predicted octanol–water partition coefficient (Wildman–Crippen LogP) is 1.09. The quantitative estimate of drug-likeness (QED) is 0.873. The molecule has 2 atom stereocenters. The van der Waals surface area contributed by atoms with Crippen LogP contribution in [0.15, 0.2) is 23.1 Å². The summed E-state index contributed by atoms with van der Waals surface area (Å²) in [5.74, 6) is 0.488. The Bertz CT molecular complexity index is 751. The number of aryl methyl sites for hydroxylation is 1. The molecule has 1 aliphatic carbocycles. The van der Waals surface area contributed by atoms with Crippen LogP contribution in [-0.4, -0.2) is 58.4 Å². The molecular formula is C17H23N5O3. The molecule has 1 saturated carbocycles. The van der Waals surface area contributed by atoms with Crippen molar-refractivity contribution in [3.8, 4) is 0 Å². The van der Waals surface area contributed by atoms with E-state index < -0.39 is 0 Å². The number of aromatic nitrogens is 3. The normalized spacial score (nSPS) is 24.4. The molecule has 0 spiro atoms. The summed E-state index contributed by atoms with van der Waals surface area (Å²) in [6, 6.07) is 2.03. The van der Waals surface area contributed by atoms with Crippen LogP contribution in [0.2, 0.25) is 0 Å². The molecule has 8 heteroatoms. The fourth-order valence-electron chi connectivity index (χ4n) is 3.47. The topological polar surface area (TPSA) is 85.4 Å². The number of rotatable bonds is 5. The lowest BCUT2D eigenvalue weighted by Crippen LogP contribution is -2.48. The zero-order chi connectivity index (χ0) is 17.4. The number of hydrogen-bond donors (Lipinski definition) is 1. The number of ether oxygens (including phenoxy) is 1. The van der Waals surface area contributed by atoms with Crippen molar-refractivity contribution in [2.45, 2.75) is 30.9 Å². The highest BCUT2D eigenvalue weighted by molar-refractivity contribution is 5.92.